The van der Waals surface area contributed by atoms with Gasteiger partial charge in [0, 0.05) is 39.3 Å². The number of carbonyl (C=O) groups is 1. The molecule has 0 unspecified atom stereocenters. The van der Waals surface area contributed by atoms with Crippen LogP contribution in [0.3, 0.4) is 0 Å². The Morgan fingerprint density at radius 3 is 2.06 bits per heavy atom. The number of amides is 1. The van der Waals surface area contributed by atoms with E-state index in [9.17, 15) is 13.2 Å². The number of likely N-dealkylation sites (N-methyl/N-ethyl adjacent to an activating group) is 1. The van der Waals surface area contributed by atoms with Gasteiger partial charge in [-0.15, -0.1) is 0 Å². The molecule has 7 nitrogen and oxygen atoms in total. The SMILES string of the molecule is CCN(CC)C(=O)CN1CCN(S(N)(=O)=O)CC1. The third-order valence-electron chi connectivity index (χ3n) is 3.17. The third-order valence-corrected chi connectivity index (χ3v) is 4.25. The Bertz CT molecular complexity index is 373. The minimum Gasteiger partial charge on any atom is -0.342 e. The predicted molar refractivity (Wildman–Crippen MR) is 69.0 cm³/mol. The number of hydrogen-bond acceptors (Lipinski definition) is 4. The number of piperazine rings is 1. The van der Waals surface area contributed by atoms with Crippen LogP contribution in [0.15, 0.2) is 0 Å². The molecule has 1 heterocycles. The average molecular weight is 278 g/mol. The molecule has 0 aliphatic carbocycles. The molecule has 0 atom stereocenters. The average Bonchev–Trinajstić information content (AvgIpc) is 2.30. The first-order valence-electron chi connectivity index (χ1n) is 6.16. The van der Waals surface area contributed by atoms with Crippen molar-refractivity contribution in [3.8, 4) is 0 Å². The van der Waals surface area contributed by atoms with Gasteiger partial charge in [0.05, 0.1) is 6.54 Å². The molecule has 0 spiro atoms. The minimum absolute atomic E-state index is 0.0871. The second-order valence-electron chi connectivity index (χ2n) is 4.29. The minimum atomic E-state index is -3.59. The van der Waals surface area contributed by atoms with Crippen molar-refractivity contribution in [2.75, 3.05) is 45.8 Å². The maximum atomic E-state index is 11.9. The van der Waals surface area contributed by atoms with Crippen LogP contribution in [0, 0.1) is 0 Å². The van der Waals surface area contributed by atoms with Gasteiger partial charge in [-0.25, -0.2) is 5.14 Å². The largest absolute Gasteiger partial charge is 0.342 e. The summed E-state index contributed by atoms with van der Waals surface area (Å²) < 4.78 is 23.5. The first-order chi connectivity index (χ1) is 8.38. The molecule has 0 saturated carbocycles. The summed E-state index contributed by atoms with van der Waals surface area (Å²) in [6, 6.07) is 0. The fraction of sp³-hybridized carbons (Fsp3) is 0.900. The molecular formula is C10H22N4O3S. The number of hydrogen-bond donors (Lipinski definition) is 1. The summed E-state index contributed by atoms with van der Waals surface area (Å²) in [5, 5.41) is 5.05. The molecule has 1 rings (SSSR count). The maximum absolute atomic E-state index is 11.9. The van der Waals surface area contributed by atoms with E-state index in [1.165, 1.54) is 4.31 Å². The van der Waals surface area contributed by atoms with Crippen molar-refractivity contribution < 1.29 is 13.2 Å². The third kappa shape index (κ3) is 4.20. The second kappa shape index (κ2) is 6.46. The lowest BCUT2D eigenvalue weighted by Crippen LogP contribution is -2.52. The van der Waals surface area contributed by atoms with Crippen LogP contribution < -0.4 is 5.14 Å². The Kier molecular flexibility index (Phi) is 5.51. The molecule has 0 aromatic carbocycles. The van der Waals surface area contributed by atoms with Crippen molar-refractivity contribution in [2.45, 2.75) is 13.8 Å². The number of rotatable bonds is 5. The van der Waals surface area contributed by atoms with Crippen molar-refractivity contribution in [3.63, 3.8) is 0 Å². The Balaban J connectivity index is 2.42. The molecule has 0 radical (unpaired) electrons. The second-order valence-corrected chi connectivity index (χ2v) is 5.83. The maximum Gasteiger partial charge on any atom is 0.276 e. The predicted octanol–water partition coefficient (Wildman–Crippen LogP) is -1.32. The van der Waals surface area contributed by atoms with Crippen molar-refractivity contribution in [1.29, 1.82) is 0 Å². The van der Waals surface area contributed by atoms with Crippen molar-refractivity contribution in [1.82, 2.24) is 14.1 Å². The van der Waals surface area contributed by atoms with Gasteiger partial charge in [0.15, 0.2) is 0 Å². The zero-order chi connectivity index (χ0) is 13.8. The zero-order valence-electron chi connectivity index (χ0n) is 11.0. The van der Waals surface area contributed by atoms with E-state index in [0.717, 1.165) is 0 Å². The molecule has 1 aliphatic rings. The van der Waals surface area contributed by atoms with Gasteiger partial charge in [0.2, 0.25) is 5.91 Å². The highest BCUT2D eigenvalue weighted by Crippen LogP contribution is 2.05. The van der Waals surface area contributed by atoms with Gasteiger partial charge in [0.25, 0.3) is 10.2 Å². The van der Waals surface area contributed by atoms with Crippen molar-refractivity contribution in [2.24, 2.45) is 5.14 Å². The van der Waals surface area contributed by atoms with Gasteiger partial charge >= 0.3 is 0 Å². The standard InChI is InChI=1S/C10H22N4O3S/c1-3-13(4-2)10(15)9-12-5-7-14(8-6-12)18(11,16)17/h3-9H2,1-2H3,(H2,11,16,17). The molecule has 2 N–H and O–H groups in total. The smallest absolute Gasteiger partial charge is 0.276 e. The lowest BCUT2D eigenvalue weighted by atomic mass is 10.3. The van der Waals surface area contributed by atoms with Gasteiger partial charge in [-0.1, -0.05) is 0 Å². The molecule has 18 heavy (non-hydrogen) atoms. The van der Waals surface area contributed by atoms with E-state index in [4.69, 9.17) is 5.14 Å². The van der Waals surface area contributed by atoms with Crippen LogP contribution >= 0.6 is 0 Å². The van der Waals surface area contributed by atoms with Crippen LogP contribution in [0.1, 0.15) is 13.8 Å². The van der Waals surface area contributed by atoms with Gasteiger partial charge in [-0.05, 0) is 13.8 Å². The Morgan fingerprint density at radius 2 is 1.67 bits per heavy atom. The quantitative estimate of drug-likeness (QED) is 0.675. The summed E-state index contributed by atoms with van der Waals surface area (Å²) in [7, 11) is -3.59. The molecule has 0 bridgehead atoms. The van der Waals surface area contributed by atoms with Crippen molar-refractivity contribution in [3.05, 3.63) is 0 Å². The summed E-state index contributed by atoms with van der Waals surface area (Å²) in [4.78, 5) is 15.6. The molecule has 1 amide bonds. The lowest BCUT2D eigenvalue weighted by Gasteiger charge is -2.33. The summed E-state index contributed by atoms with van der Waals surface area (Å²) in [6.45, 7) is 7.43. The summed E-state index contributed by atoms with van der Waals surface area (Å²) in [6.07, 6.45) is 0. The normalized spacial score (nSPS) is 18.8. The van der Waals surface area contributed by atoms with E-state index >= 15 is 0 Å². The number of carbonyl (C=O) groups excluding carboxylic acids is 1. The van der Waals surface area contributed by atoms with Crippen LogP contribution in [-0.2, 0) is 15.0 Å². The van der Waals surface area contributed by atoms with E-state index in [0.29, 0.717) is 45.8 Å². The molecule has 1 fully saturated rings. The molecule has 1 aliphatic heterocycles. The molecule has 8 heteroatoms. The molecule has 0 aromatic rings. The fourth-order valence-corrected chi connectivity index (χ4v) is 2.68. The van der Waals surface area contributed by atoms with E-state index in [-0.39, 0.29) is 5.91 Å². The van der Waals surface area contributed by atoms with Crippen LogP contribution in [0.2, 0.25) is 0 Å². The Hall–Kier alpha value is -0.700. The molecular weight excluding hydrogens is 256 g/mol. The zero-order valence-corrected chi connectivity index (χ0v) is 11.8. The monoisotopic (exact) mass is 278 g/mol. The van der Waals surface area contributed by atoms with E-state index in [1.54, 1.807) is 4.90 Å². The van der Waals surface area contributed by atoms with E-state index < -0.39 is 10.2 Å². The van der Waals surface area contributed by atoms with Crippen molar-refractivity contribution >= 4 is 16.1 Å². The summed E-state index contributed by atoms with van der Waals surface area (Å²) >= 11 is 0. The first kappa shape index (κ1) is 15.4. The van der Waals surface area contributed by atoms with Gasteiger partial charge in [0.1, 0.15) is 0 Å². The molecule has 1 saturated heterocycles. The topological polar surface area (TPSA) is 86.9 Å². The highest BCUT2D eigenvalue weighted by atomic mass is 32.2. The highest BCUT2D eigenvalue weighted by Gasteiger charge is 2.25. The van der Waals surface area contributed by atoms with Gasteiger partial charge < -0.3 is 4.90 Å². The van der Waals surface area contributed by atoms with Crippen LogP contribution in [0.25, 0.3) is 0 Å². The van der Waals surface area contributed by atoms with E-state index in [1.807, 2.05) is 18.7 Å². The Labute approximate surface area is 109 Å². The highest BCUT2D eigenvalue weighted by molar-refractivity contribution is 7.86. The molecule has 0 aromatic heterocycles. The fourth-order valence-electron chi connectivity index (χ4n) is 2.01. The van der Waals surface area contributed by atoms with Gasteiger partial charge in [-0.2, -0.15) is 12.7 Å². The first-order valence-corrected chi connectivity index (χ1v) is 7.66. The number of nitrogens with zero attached hydrogens (tertiary/aromatic N) is 3. The van der Waals surface area contributed by atoms with Crippen LogP contribution in [0.5, 0.6) is 0 Å². The number of nitrogens with two attached hydrogens (primary N) is 1. The van der Waals surface area contributed by atoms with E-state index in [2.05, 4.69) is 0 Å². The molecule has 106 valence electrons. The van der Waals surface area contributed by atoms with Gasteiger partial charge in [-0.3, -0.25) is 9.69 Å². The lowest BCUT2D eigenvalue weighted by molar-refractivity contribution is -0.132. The van der Waals surface area contributed by atoms with Crippen LogP contribution in [0.4, 0.5) is 0 Å². The Morgan fingerprint density at radius 1 is 1.17 bits per heavy atom. The summed E-state index contributed by atoms with van der Waals surface area (Å²) in [5.74, 6) is 0.0871. The summed E-state index contributed by atoms with van der Waals surface area (Å²) in [5.41, 5.74) is 0. The van der Waals surface area contributed by atoms with Crippen LogP contribution in [-0.4, -0.2) is 74.2 Å².